The molecule has 1 aromatic rings. The third-order valence-electron chi connectivity index (χ3n) is 3.33. The van der Waals surface area contributed by atoms with E-state index in [2.05, 4.69) is 26.0 Å². The number of fused-ring (bicyclic) bond motifs is 1. The van der Waals surface area contributed by atoms with Crippen LogP contribution < -0.4 is 4.74 Å². The van der Waals surface area contributed by atoms with Gasteiger partial charge in [0.1, 0.15) is 5.75 Å². The molecule has 0 saturated carbocycles. The van der Waals surface area contributed by atoms with Crippen LogP contribution in [-0.2, 0) is 12.8 Å². The second-order valence-electron chi connectivity index (χ2n) is 4.68. The lowest BCUT2D eigenvalue weighted by molar-refractivity contribution is 0.405. The summed E-state index contributed by atoms with van der Waals surface area (Å²) in [7, 11) is 1.77. The summed E-state index contributed by atoms with van der Waals surface area (Å²) in [5.41, 5.74) is 4.55. The van der Waals surface area contributed by atoms with Crippen LogP contribution in [0.4, 0.5) is 0 Å². The molecule has 1 aliphatic carbocycles. The molecule has 2 rings (SSSR count). The summed E-state index contributed by atoms with van der Waals surface area (Å²) >= 11 is 0. The first kappa shape index (κ1) is 10.5. The Hall–Kier alpha value is -0.980. The van der Waals surface area contributed by atoms with Crippen LogP contribution in [0.25, 0.3) is 0 Å². The molecule has 1 aliphatic rings. The van der Waals surface area contributed by atoms with Gasteiger partial charge in [-0.2, -0.15) is 0 Å². The van der Waals surface area contributed by atoms with Crippen LogP contribution in [-0.4, -0.2) is 7.11 Å². The number of aryl methyl sites for hydroxylation is 1. The quantitative estimate of drug-likeness (QED) is 0.713. The minimum absolute atomic E-state index is 0.563. The van der Waals surface area contributed by atoms with Crippen molar-refractivity contribution in [3.05, 3.63) is 28.8 Å². The standard InChI is InChI=1S/C14H20O/c1-10(2)14-12-7-5-4-6-11(12)8-9-13(14)15-3/h8-10H,4-7H2,1-3H3. The first-order valence-corrected chi connectivity index (χ1v) is 5.92. The van der Waals surface area contributed by atoms with Gasteiger partial charge in [0, 0.05) is 5.56 Å². The van der Waals surface area contributed by atoms with Crippen molar-refractivity contribution in [2.45, 2.75) is 45.4 Å². The number of benzene rings is 1. The van der Waals surface area contributed by atoms with E-state index < -0.39 is 0 Å². The molecule has 0 bridgehead atoms. The Morgan fingerprint density at radius 1 is 1.13 bits per heavy atom. The van der Waals surface area contributed by atoms with E-state index in [0.717, 1.165) is 5.75 Å². The molecule has 0 saturated heterocycles. The van der Waals surface area contributed by atoms with Crippen LogP contribution in [0.15, 0.2) is 12.1 Å². The lowest BCUT2D eigenvalue weighted by Crippen LogP contribution is -2.09. The SMILES string of the molecule is COc1ccc2c(c1C(C)C)CCCC2. The van der Waals surface area contributed by atoms with E-state index in [0.29, 0.717) is 5.92 Å². The van der Waals surface area contributed by atoms with Crippen molar-refractivity contribution < 1.29 is 4.74 Å². The Morgan fingerprint density at radius 3 is 2.53 bits per heavy atom. The average molecular weight is 204 g/mol. The second-order valence-corrected chi connectivity index (χ2v) is 4.68. The molecule has 82 valence electrons. The number of hydrogen-bond acceptors (Lipinski definition) is 1. The van der Waals surface area contributed by atoms with Crippen LogP contribution in [0.2, 0.25) is 0 Å². The molecular formula is C14H20O. The Balaban J connectivity index is 2.54. The van der Waals surface area contributed by atoms with Gasteiger partial charge >= 0.3 is 0 Å². The van der Waals surface area contributed by atoms with Crippen molar-refractivity contribution in [1.82, 2.24) is 0 Å². The van der Waals surface area contributed by atoms with Crippen LogP contribution >= 0.6 is 0 Å². The van der Waals surface area contributed by atoms with Crippen LogP contribution in [0, 0.1) is 0 Å². The van der Waals surface area contributed by atoms with Crippen molar-refractivity contribution in [2.75, 3.05) is 7.11 Å². The predicted molar refractivity (Wildman–Crippen MR) is 63.7 cm³/mol. The molecule has 0 amide bonds. The fourth-order valence-corrected chi connectivity index (χ4v) is 2.65. The van der Waals surface area contributed by atoms with Gasteiger partial charge in [0.25, 0.3) is 0 Å². The molecule has 0 fully saturated rings. The maximum Gasteiger partial charge on any atom is 0.122 e. The van der Waals surface area contributed by atoms with Gasteiger partial charge in [-0.1, -0.05) is 19.9 Å². The molecule has 0 heterocycles. The largest absolute Gasteiger partial charge is 0.496 e. The Morgan fingerprint density at radius 2 is 1.87 bits per heavy atom. The van der Waals surface area contributed by atoms with Crippen molar-refractivity contribution >= 4 is 0 Å². The molecule has 1 nitrogen and oxygen atoms in total. The van der Waals surface area contributed by atoms with Gasteiger partial charge in [0.05, 0.1) is 7.11 Å². The zero-order valence-electron chi connectivity index (χ0n) is 9.97. The van der Waals surface area contributed by atoms with Crippen molar-refractivity contribution in [3.63, 3.8) is 0 Å². The van der Waals surface area contributed by atoms with E-state index in [9.17, 15) is 0 Å². The van der Waals surface area contributed by atoms with Gasteiger partial charge in [0.2, 0.25) is 0 Å². The number of ether oxygens (including phenoxy) is 1. The second kappa shape index (κ2) is 4.26. The normalized spacial score (nSPS) is 15.2. The van der Waals surface area contributed by atoms with Gasteiger partial charge in [-0.3, -0.25) is 0 Å². The first-order chi connectivity index (χ1) is 7.24. The Kier molecular flexibility index (Phi) is 2.99. The van der Waals surface area contributed by atoms with Crippen LogP contribution in [0.5, 0.6) is 5.75 Å². The highest BCUT2D eigenvalue weighted by Gasteiger charge is 2.18. The summed E-state index contributed by atoms with van der Waals surface area (Å²) in [5.74, 6) is 1.64. The van der Waals surface area contributed by atoms with Crippen molar-refractivity contribution in [1.29, 1.82) is 0 Å². The minimum atomic E-state index is 0.563. The summed E-state index contributed by atoms with van der Waals surface area (Å²) in [6.07, 6.45) is 5.16. The fraction of sp³-hybridized carbons (Fsp3) is 0.571. The van der Waals surface area contributed by atoms with Crippen molar-refractivity contribution in [2.24, 2.45) is 0 Å². The molecule has 1 aromatic carbocycles. The molecule has 15 heavy (non-hydrogen) atoms. The fourth-order valence-electron chi connectivity index (χ4n) is 2.65. The molecule has 1 heteroatoms. The smallest absolute Gasteiger partial charge is 0.122 e. The third-order valence-corrected chi connectivity index (χ3v) is 3.33. The molecule has 0 aliphatic heterocycles. The highest BCUT2D eigenvalue weighted by atomic mass is 16.5. The van der Waals surface area contributed by atoms with Gasteiger partial charge < -0.3 is 4.74 Å². The predicted octanol–water partition coefficient (Wildman–Crippen LogP) is 3.70. The summed E-state index contributed by atoms with van der Waals surface area (Å²) in [6, 6.07) is 4.39. The van der Waals surface area contributed by atoms with E-state index in [4.69, 9.17) is 4.74 Å². The molecule has 0 aromatic heterocycles. The first-order valence-electron chi connectivity index (χ1n) is 5.92. The Labute approximate surface area is 92.5 Å². The molecule has 0 spiro atoms. The number of rotatable bonds is 2. The minimum Gasteiger partial charge on any atom is -0.496 e. The lowest BCUT2D eigenvalue weighted by atomic mass is 9.84. The van der Waals surface area contributed by atoms with E-state index in [1.54, 1.807) is 18.2 Å². The number of methoxy groups -OCH3 is 1. The molecule has 0 radical (unpaired) electrons. The maximum absolute atomic E-state index is 5.47. The average Bonchev–Trinajstić information content (AvgIpc) is 2.27. The summed E-state index contributed by atoms with van der Waals surface area (Å²) in [4.78, 5) is 0. The topological polar surface area (TPSA) is 9.23 Å². The van der Waals surface area contributed by atoms with Gasteiger partial charge in [-0.15, -0.1) is 0 Å². The molecule has 0 unspecified atom stereocenters. The van der Waals surface area contributed by atoms with Gasteiger partial charge in [0.15, 0.2) is 0 Å². The van der Waals surface area contributed by atoms with Crippen molar-refractivity contribution in [3.8, 4) is 5.75 Å². The molecule has 0 N–H and O–H groups in total. The summed E-state index contributed by atoms with van der Waals surface area (Å²) < 4.78 is 5.47. The van der Waals surface area contributed by atoms with Gasteiger partial charge in [-0.05, 0) is 48.8 Å². The van der Waals surface area contributed by atoms with E-state index >= 15 is 0 Å². The lowest BCUT2D eigenvalue weighted by Gasteiger charge is -2.23. The zero-order valence-corrected chi connectivity index (χ0v) is 9.97. The monoisotopic (exact) mass is 204 g/mol. The number of hydrogen-bond donors (Lipinski definition) is 0. The van der Waals surface area contributed by atoms with Crippen LogP contribution in [0.3, 0.4) is 0 Å². The highest BCUT2D eigenvalue weighted by Crippen LogP contribution is 2.35. The van der Waals surface area contributed by atoms with E-state index in [1.165, 1.54) is 31.2 Å². The third kappa shape index (κ3) is 1.88. The summed E-state index contributed by atoms with van der Waals surface area (Å²) in [6.45, 7) is 4.51. The molecule has 0 atom stereocenters. The zero-order chi connectivity index (χ0) is 10.8. The van der Waals surface area contributed by atoms with E-state index in [1.807, 2.05) is 0 Å². The highest BCUT2D eigenvalue weighted by molar-refractivity contribution is 5.48. The maximum atomic E-state index is 5.47. The van der Waals surface area contributed by atoms with E-state index in [-0.39, 0.29) is 0 Å². The summed E-state index contributed by atoms with van der Waals surface area (Å²) in [5, 5.41) is 0. The van der Waals surface area contributed by atoms with Gasteiger partial charge in [-0.25, -0.2) is 0 Å². The molecular weight excluding hydrogens is 184 g/mol. The van der Waals surface area contributed by atoms with Crippen LogP contribution in [0.1, 0.15) is 49.3 Å². The Bertz CT molecular complexity index is 353.